The fourth-order valence-corrected chi connectivity index (χ4v) is 7.02. The van der Waals surface area contributed by atoms with Crippen LogP contribution in [0.15, 0.2) is 12.4 Å². The molecular formula is C29H48N6O. The molecule has 1 aromatic heterocycles. The van der Waals surface area contributed by atoms with Gasteiger partial charge in [-0.15, -0.1) is 0 Å². The van der Waals surface area contributed by atoms with Crippen molar-refractivity contribution in [3.63, 3.8) is 0 Å². The molecule has 0 spiro atoms. The fraction of sp³-hybridized carbons (Fsp3) is 0.828. The number of Topliss-reactive ketones (excluding diaryl/α,β-unsaturated/α-hetero) is 1. The minimum atomic E-state index is 0.145. The number of hydrogen-bond acceptors (Lipinski definition) is 7. The Balaban J connectivity index is 1.10. The standard InChI is InChI=1S/C29H48N6O/c1-5-22(4)34-18-26-10-11-27(19-34)35(26)29-30-16-24(17-31-29)23-6-8-25(9-7-23)33-14-12-32(13-15-33)20-28(36)21(2)3/h16-17,21-23,25-27H,5-15,18-20H2,1-4H3/t22?,23-,25+,26?,27?. The van der Waals surface area contributed by atoms with Crippen LogP contribution in [0.2, 0.25) is 0 Å². The SMILES string of the molecule is CCC(C)N1CC2CCC(C1)N2c1ncc([C@H]2CC[C@@H](N3CCN(CC(=O)C(C)C)CC3)CC2)cn1. The van der Waals surface area contributed by atoms with Crippen LogP contribution in [0.1, 0.15) is 84.1 Å². The van der Waals surface area contributed by atoms with Crippen molar-refractivity contribution in [1.29, 1.82) is 0 Å². The van der Waals surface area contributed by atoms with Crippen LogP contribution in [-0.4, -0.2) is 100 Å². The van der Waals surface area contributed by atoms with E-state index in [1.807, 2.05) is 13.8 Å². The van der Waals surface area contributed by atoms with Gasteiger partial charge in [-0.25, -0.2) is 9.97 Å². The summed E-state index contributed by atoms with van der Waals surface area (Å²) in [4.78, 5) is 32.2. The summed E-state index contributed by atoms with van der Waals surface area (Å²) in [6, 6.07) is 2.51. The first-order chi connectivity index (χ1) is 17.4. The smallest absolute Gasteiger partial charge is 0.225 e. The number of anilines is 1. The summed E-state index contributed by atoms with van der Waals surface area (Å²) in [5, 5.41) is 0. The van der Waals surface area contributed by atoms with Gasteiger partial charge in [0.1, 0.15) is 5.78 Å². The summed E-state index contributed by atoms with van der Waals surface area (Å²) in [5.41, 5.74) is 1.33. The Kier molecular flexibility index (Phi) is 8.28. The number of carbonyl (C=O) groups is 1. The topological polar surface area (TPSA) is 55.8 Å². The van der Waals surface area contributed by atoms with Crippen molar-refractivity contribution in [1.82, 2.24) is 24.7 Å². The second-order valence-corrected chi connectivity index (χ2v) is 12.3. The van der Waals surface area contributed by atoms with Gasteiger partial charge in [0.25, 0.3) is 0 Å². The lowest BCUT2D eigenvalue weighted by Gasteiger charge is -2.43. The van der Waals surface area contributed by atoms with Crippen molar-refractivity contribution < 1.29 is 4.79 Å². The van der Waals surface area contributed by atoms with E-state index in [2.05, 4.69) is 45.8 Å². The third-order valence-electron chi connectivity index (χ3n) is 9.73. The maximum atomic E-state index is 12.1. The average molecular weight is 497 g/mol. The third-order valence-corrected chi connectivity index (χ3v) is 9.73. The quantitative estimate of drug-likeness (QED) is 0.543. The number of rotatable bonds is 8. The van der Waals surface area contributed by atoms with Gasteiger partial charge in [-0.05, 0) is 63.4 Å². The van der Waals surface area contributed by atoms with Gasteiger partial charge < -0.3 is 4.90 Å². The summed E-state index contributed by atoms with van der Waals surface area (Å²) in [6.07, 6.45) is 13.0. The monoisotopic (exact) mass is 496 g/mol. The first kappa shape index (κ1) is 26.1. The molecule has 5 rings (SSSR count). The minimum absolute atomic E-state index is 0.145. The van der Waals surface area contributed by atoms with Crippen LogP contribution in [0.25, 0.3) is 0 Å². The lowest BCUT2D eigenvalue weighted by atomic mass is 9.82. The summed E-state index contributed by atoms with van der Waals surface area (Å²) < 4.78 is 0. The van der Waals surface area contributed by atoms with Crippen LogP contribution in [0.4, 0.5) is 5.95 Å². The van der Waals surface area contributed by atoms with Crippen LogP contribution in [0, 0.1) is 5.92 Å². The number of ketones is 1. The third kappa shape index (κ3) is 5.63. The molecule has 200 valence electrons. The summed E-state index contributed by atoms with van der Waals surface area (Å²) >= 11 is 0. The highest BCUT2D eigenvalue weighted by Gasteiger charge is 2.42. The van der Waals surface area contributed by atoms with E-state index in [0.29, 0.717) is 42.4 Å². The van der Waals surface area contributed by atoms with E-state index >= 15 is 0 Å². The Hall–Kier alpha value is -1.57. The maximum absolute atomic E-state index is 12.1. The Morgan fingerprint density at radius 3 is 2.03 bits per heavy atom. The van der Waals surface area contributed by atoms with Gasteiger partial charge in [-0.1, -0.05) is 20.8 Å². The number of piperazine rings is 2. The predicted octanol–water partition coefficient (Wildman–Crippen LogP) is 3.80. The molecule has 0 radical (unpaired) electrons. The molecule has 7 heteroatoms. The van der Waals surface area contributed by atoms with E-state index in [-0.39, 0.29) is 5.92 Å². The van der Waals surface area contributed by atoms with Gasteiger partial charge in [0.15, 0.2) is 0 Å². The molecule has 3 unspecified atom stereocenters. The molecule has 3 saturated heterocycles. The molecule has 7 nitrogen and oxygen atoms in total. The van der Waals surface area contributed by atoms with Crippen molar-refractivity contribution >= 4 is 11.7 Å². The minimum Gasteiger partial charge on any atom is -0.332 e. The van der Waals surface area contributed by atoms with Crippen LogP contribution in [0.5, 0.6) is 0 Å². The molecule has 0 amide bonds. The van der Waals surface area contributed by atoms with Crippen LogP contribution >= 0.6 is 0 Å². The Labute approximate surface area is 218 Å². The van der Waals surface area contributed by atoms with E-state index in [9.17, 15) is 4.79 Å². The summed E-state index contributed by atoms with van der Waals surface area (Å²) in [6.45, 7) is 15.9. The van der Waals surface area contributed by atoms with Gasteiger partial charge >= 0.3 is 0 Å². The number of fused-ring (bicyclic) bond motifs is 2. The fourth-order valence-electron chi connectivity index (χ4n) is 7.02. The zero-order valence-electron chi connectivity index (χ0n) is 23.1. The van der Waals surface area contributed by atoms with Gasteiger partial charge in [0, 0.05) is 81.7 Å². The van der Waals surface area contributed by atoms with E-state index in [1.165, 1.54) is 50.5 Å². The van der Waals surface area contributed by atoms with E-state index in [4.69, 9.17) is 9.97 Å². The molecule has 0 aromatic carbocycles. The molecule has 4 aliphatic rings. The lowest BCUT2D eigenvalue weighted by Crippen LogP contribution is -2.56. The van der Waals surface area contributed by atoms with Gasteiger partial charge in [0.05, 0.1) is 6.54 Å². The Bertz CT molecular complexity index is 845. The molecule has 1 saturated carbocycles. The molecule has 1 aliphatic carbocycles. The molecule has 4 fully saturated rings. The number of aromatic nitrogens is 2. The zero-order valence-corrected chi connectivity index (χ0v) is 23.1. The van der Waals surface area contributed by atoms with Crippen molar-refractivity contribution in [2.75, 3.05) is 50.7 Å². The predicted molar refractivity (Wildman–Crippen MR) is 146 cm³/mol. The largest absolute Gasteiger partial charge is 0.332 e. The normalized spacial score (nSPS) is 31.2. The maximum Gasteiger partial charge on any atom is 0.225 e. The van der Waals surface area contributed by atoms with Crippen molar-refractivity contribution in [2.24, 2.45) is 5.92 Å². The van der Waals surface area contributed by atoms with Gasteiger partial charge in [-0.2, -0.15) is 0 Å². The average Bonchev–Trinajstić information content (AvgIpc) is 3.17. The first-order valence-electron chi connectivity index (χ1n) is 14.8. The van der Waals surface area contributed by atoms with Gasteiger partial charge in [0.2, 0.25) is 5.95 Å². The second-order valence-electron chi connectivity index (χ2n) is 12.3. The van der Waals surface area contributed by atoms with Crippen LogP contribution in [-0.2, 0) is 4.79 Å². The lowest BCUT2D eigenvalue weighted by molar-refractivity contribution is -0.123. The van der Waals surface area contributed by atoms with E-state index in [1.54, 1.807) is 0 Å². The molecule has 3 atom stereocenters. The molecule has 36 heavy (non-hydrogen) atoms. The van der Waals surface area contributed by atoms with Crippen molar-refractivity contribution in [3.05, 3.63) is 18.0 Å². The Morgan fingerprint density at radius 1 is 0.889 bits per heavy atom. The summed E-state index contributed by atoms with van der Waals surface area (Å²) in [7, 11) is 0. The molecule has 0 N–H and O–H groups in total. The van der Waals surface area contributed by atoms with Crippen LogP contribution < -0.4 is 4.90 Å². The Morgan fingerprint density at radius 2 is 1.47 bits per heavy atom. The van der Waals surface area contributed by atoms with Crippen molar-refractivity contribution in [2.45, 2.75) is 103 Å². The molecule has 2 bridgehead atoms. The van der Waals surface area contributed by atoms with E-state index < -0.39 is 0 Å². The molecule has 3 aliphatic heterocycles. The second kappa shape index (κ2) is 11.4. The highest BCUT2D eigenvalue weighted by Crippen LogP contribution is 2.37. The highest BCUT2D eigenvalue weighted by atomic mass is 16.1. The van der Waals surface area contributed by atoms with E-state index in [0.717, 1.165) is 45.2 Å². The molecule has 1 aromatic rings. The molecule has 4 heterocycles. The van der Waals surface area contributed by atoms with Crippen molar-refractivity contribution in [3.8, 4) is 0 Å². The number of hydrogen-bond donors (Lipinski definition) is 0. The van der Waals surface area contributed by atoms with Crippen LogP contribution in [0.3, 0.4) is 0 Å². The number of likely N-dealkylation sites (tertiary alicyclic amines) is 1. The number of nitrogens with zero attached hydrogens (tertiary/aromatic N) is 6. The molecular weight excluding hydrogens is 448 g/mol. The van der Waals surface area contributed by atoms with Gasteiger partial charge in [-0.3, -0.25) is 19.5 Å². The number of carbonyl (C=O) groups excluding carboxylic acids is 1. The highest BCUT2D eigenvalue weighted by molar-refractivity contribution is 5.82. The zero-order chi connectivity index (χ0) is 25.2. The first-order valence-corrected chi connectivity index (χ1v) is 14.8. The summed E-state index contributed by atoms with van der Waals surface area (Å²) in [5.74, 6) is 2.07.